The van der Waals surface area contributed by atoms with Crippen molar-refractivity contribution in [1.82, 2.24) is 15.5 Å². The molecule has 8 nitrogen and oxygen atoms in total. The van der Waals surface area contributed by atoms with Gasteiger partial charge in [0, 0.05) is 34.5 Å². The molecule has 2 aliphatic rings. The first-order chi connectivity index (χ1) is 19.1. The second-order valence-electron chi connectivity index (χ2n) is 11.2. The number of carbonyl (C=O) groups is 4. The molecule has 2 N–H and O–H groups in total. The lowest BCUT2D eigenvalue weighted by atomic mass is 9.93. The number of halogens is 2. The van der Waals surface area contributed by atoms with E-state index < -0.39 is 24.1 Å². The van der Waals surface area contributed by atoms with Gasteiger partial charge in [-0.1, -0.05) is 55.2 Å². The lowest BCUT2D eigenvalue weighted by Crippen LogP contribution is -2.55. The summed E-state index contributed by atoms with van der Waals surface area (Å²) in [6.45, 7) is 4.71. The molecule has 1 saturated carbocycles. The van der Waals surface area contributed by atoms with Crippen LogP contribution in [0, 0.1) is 11.8 Å². The highest BCUT2D eigenvalue weighted by atomic mass is 35.5. The van der Waals surface area contributed by atoms with E-state index >= 15 is 0 Å². The highest BCUT2D eigenvalue weighted by Crippen LogP contribution is 2.49. The van der Waals surface area contributed by atoms with Gasteiger partial charge in [-0.05, 0) is 73.9 Å². The van der Waals surface area contributed by atoms with E-state index in [2.05, 4.69) is 10.6 Å². The van der Waals surface area contributed by atoms with Gasteiger partial charge in [-0.2, -0.15) is 0 Å². The van der Waals surface area contributed by atoms with Crippen LogP contribution in [0.2, 0.25) is 10.0 Å². The minimum absolute atomic E-state index is 0.0498. The van der Waals surface area contributed by atoms with Crippen LogP contribution in [-0.2, 0) is 19.8 Å². The van der Waals surface area contributed by atoms with Crippen LogP contribution in [0.4, 0.5) is 4.79 Å². The fourth-order valence-electron chi connectivity index (χ4n) is 5.25. The van der Waals surface area contributed by atoms with Gasteiger partial charge in [-0.15, -0.1) is 0 Å². The highest BCUT2D eigenvalue weighted by Gasteiger charge is 2.49. The van der Waals surface area contributed by atoms with Crippen LogP contribution in [0.25, 0.3) is 0 Å². The van der Waals surface area contributed by atoms with Crippen molar-refractivity contribution in [3.05, 3.63) is 64.1 Å². The molecule has 3 amide bonds. The molecule has 3 atom stereocenters. The van der Waals surface area contributed by atoms with Gasteiger partial charge >= 0.3 is 6.09 Å². The van der Waals surface area contributed by atoms with Crippen molar-refractivity contribution in [2.45, 2.75) is 63.5 Å². The summed E-state index contributed by atoms with van der Waals surface area (Å²) in [6.07, 6.45) is 2.75. The third kappa shape index (κ3) is 7.55. The molecule has 0 radical (unpaired) electrons. The lowest BCUT2D eigenvalue weighted by molar-refractivity contribution is -0.130. The summed E-state index contributed by atoms with van der Waals surface area (Å²) in [4.78, 5) is 53.0. The molecule has 2 aromatic carbocycles. The smallest absolute Gasteiger partial charge is 0.410 e. The number of benzene rings is 2. The second kappa shape index (κ2) is 13.0. The molecule has 1 aliphatic heterocycles. The van der Waals surface area contributed by atoms with Gasteiger partial charge in [0.2, 0.25) is 11.8 Å². The Morgan fingerprint density at radius 1 is 1.15 bits per heavy atom. The number of hydrogen-bond donors (Lipinski definition) is 2. The molecule has 0 aromatic heterocycles. The molecule has 0 bridgehead atoms. The molecule has 1 saturated heterocycles. The van der Waals surface area contributed by atoms with Crippen molar-refractivity contribution >= 4 is 47.4 Å². The first-order valence-electron chi connectivity index (χ1n) is 13.6. The zero-order chi connectivity index (χ0) is 28.9. The maximum atomic E-state index is 13.8. The fourth-order valence-corrected chi connectivity index (χ4v) is 5.62. The van der Waals surface area contributed by atoms with E-state index in [9.17, 15) is 19.2 Å². The van der Waals surface area contributed by atoms with Crippen LogP contribution in [0.3, 0.4) is 0 Å². The molecular weight excluding hydrogens is 553 g/mol. The normalized spacial score (nSPS) is 18.9. The van der Waals surface area contributed by atoms with E-state index in [-0.39, 0.29) is 41.9 Å². The molecule has 10 heteroatoms. The largest absolute Gasteiger partial charge is 0.415 e. The molecule has 2 aromatic rings. The minimum Gasteiger partial charge on any atom is -0.410 e. The van der Waals surface area contributed by atoms with Gasteiger partial charge < -0.3 is 20.2 Å². The maximum absolute atomic E-state index is 13.8. The van der Waals surface area contributed by atoms with Gasteiger partial charge in [-0.25, -0.2) is 4.79 Å². The number of amides is 3. The molecule has 0 spiro atoms. The van der Waals surface area contributed by atoms with E-state index in [0.29, 0.717) is 35.7 Å². The Morgan fingerprint density at radius 3 is 2.42 bits per heavy atom. The van der Waals surface area contributed by atoms with Crippen LogP contribution in [-0.4, -0.2) is 54.3 Å². The quantitative estimate of drug-likeness (QED) is 0.334. The van der Waals surface area contributed by atoms with E-state index in [1.54, 1.807) is 24.3 Å². The number of nitrogens with one attached hydrogen (secondary N) is 2. The van der Waals surface area contributed by atoms with Crippen LogP contribution in [0.5, 0.6) is 5.75 Å². The fraction of sp³-hybridized carbons (Fsp3) is 0.467. The van der Waals surface area contributed by atoms with E-state index in [0.717, 1.165) is 18.4 Å². The molecule has 0 unspecified atom stereocenters. The van der Waals surface area contributed by atoms with Crippen molar-refractivity contribution in [3.63, 3.8) is 0 Å². The molecule has 1 heterocycles. The summed E-state index contributed by atoms with van der Waals surface area (Å²) in [5.74, 6) is -0.621. The summed E-state index contributed by atoms with van der Waals surface area (Å²) in [5, 5.41) is 6.57. The van der Waals surface area contributed by atoms with Crippen LogP contribution >= 0.6 is 23.2 Å². The number of hydrogen-bond acceptors (Lipinski definition) is 5. The van der Waals surface area contributed by atoms with Gasteiger partial charge in [0.25, 0.3) is 0 Å². The van der Waals surface area contributed by atoms with Crippen molar-refractivity contribution in [1.29, 1.82) is 0 Å². The first-order valence-corrected chi connectivity index (χ1v) is 14.4. The van der Waals surface area contributed by atoms with Gasteiger partial charge in [0.1, 0.15) is 18.1 Å². The first kappa shape index (κ1) is 29.9. The average Bonchev–Trinajstić information content (AvgIpc) is 3.59. The van der Waals surface area contributed by atoms with Gasteiger partial charge in [0.05, 0.1) is 6.04 Å². The Kier molecular flexibility index (Phi) is 9.74. The van der Waals surface area contributed by atoms with E-state index in [4.69, 9.17) is 27.9 Å². The number of nitrogens with zero attached hydrogens (tertiary/aromatic N) is 1. The Hall–Kier alpha value is -3.10. The van der Waals surface area contributed by atoms with Gasteiger partial charge in [-0.3, -0.25) is 14.5 Å². The zero-order valence-corrected chi connectivity index (χ0v) is 24.2. The molecule has 40 heavy (non-hydrogen) atoms. The van der Waals surface area contributed by atoms with E-state index in [1.165, 1.54) is 11.0 Å². The summed E-state index contributed by atoms with van der Waals surface area (Å²) in [5.41, 5.74) is 0.613. The third-order valence-corrected chi connectivity index (χ3v) is 8.04. The number of aldehydes is 1. The minimum atomic E-state index is -0.914. The predicted octanol–water partition coefficient (Wildman–Crippen LogP) is 5.15. The number of ether oxygens (including phenoxy) is 1. The van der Waals surface area contributed by atoms with Crippen LogP contribution in [0.15, 0.2) is 48.5 Å². The third-order valence-electron chi connectivity index (χ3n) is 7.57. The SMILES string of the molecule is CC(C)C[C@@H](C(=O)N[C@H](C=O)C[C@@H]1CCNC1=O)N(CC1(c2cccc(Cl)c2)CC1)C(=O)Oc1cccc(Cl)c1. The predicted molar refractivity (Wildman–Crippen MR) is 154 cm³/mol. The van der Waals surface area contributed by atoms with Gasteiger partial charge in [0.15, 0.2) is 0 Å². The Labute approximate surface area is 244 Å². The highest BCUT2D eigenvalue weighted by molar-refractivity contribution is 6.31. The summed E-state index contributed by atoms with van der Waals surface area (Å²) in [7, 11) is 0. The van der Waals surface area contributed by atoms with Crippen LogP contribution < -0.4 is 15.4 Å². The zero-order valence-electron chi connectivity index (χ0n) is 22.7. The molecule has 4 rings (SSSR count). The Balaban J connectivity index is 1.62. The maximum Gasteiger partial charge on any atom is 0.415 e. The summed E-state index contributed by atoms with van der Waals surface area (Å²) in [6, 6.07) is 12.3. The van der Waals surface area contributed by atoms with Crippen LogP contribution in [0.1, 0.15) is 51.5 Å². The van der Waals surface area contributed by atoms with Crippen molar-refractivity contribution < 1.29 is 23.9 Å². The Morgan fingerprint density at radius 2 is 1.85 bits per heavy atom. The van der Waals surface area contributed by atoms with Crippen molar-refractivity contribution in [3.8, 4) is 5.75 Å². The molecule has 214 valence electrons. The summed E-state index contributed by atoms with van der Waals surface area (Å²) < 4.78 is 5.73. The number of carbonyl (C=O) groups excluding carboxylic acids is 4. The standard InChI is InChI=1S/C30H35Cl2N3O5/c1-19(2)13-26(28(38)34-24(17-36)14-20-9-12-33-27(20)37)35(29(39)40-25-8-4-7-23(32)16-25)18-30(10-11-30)21-5-3-6-22(31)15-21/h3-8,15-17,19-20,24,26H,9-14,18H2,1-2H3,(H,33,37)(H,34,38)/t20-,24-,26-/m0/s1. The molecular formula is C30H35Cl2N3O5. The monoisotopic (exact) mass is 587 g/mol. The Bertz CT molecular complexity index is 1250. The topological polar surface area (TPSA) is 105 Å². The molecule has 1 aliphatic carbocycles. The second-order valence-corrected chi connectivity index (χ2v) is 12.0. The summed E-state index contributed by atoms with van der Waals surface area (Å²) >= 11 is 12.4. The van der Waals surface area contributed by atoms with Crippen molar-refractivity contribution in [2.75, 3.05) is 13.1 Å². The lowest BCUT2D eigenvalue weighted by Gasteiger charge is -2.35. The number of rotatable bonds is 12. The van der Waals surface area contributed by atoms with Crippen molar-refractivity contribution in [2.24, 2.45) is 11.8 Å². The molecule has 2 fully saturated rings. The van der Waals surface area contributed by atoms with E-state index in [1.807, 2.05) is 32.0 Å². The average molecular weight is 589 g/mol.